The van der Waals surface area contributed by atoms with Crippen LogP contribution in [-0.4, -0.2) is 20.6 Å². The van der Waals surface area contributed by atoms with Crippen LogP contribution in [0.1, 0.15) is 19.1 Å². The van der Waals surface area contributed by atoms with E-state index in [1.807, 2.05) is 18.2 Å². The van der Waals surface area contributed by atoms with Gasteiger partial charge in [-0.25, -0.2) is 4.52 Å². The van der Waals surface area contributed by atoms with Gasteiger partial charge >= 0.3 is 0 Å². The fraction of sp³-hybridized carbons (Fsp3) is 0.286. The fourth-order valence-corrected chi connectivity index (χ4v) is 2.18. The molecule has 0 fully saturated rings. The van der Waals surface area contributed by atoms with Crippen molar-refractivity contribution in [3.63, 3.8) is 0 Å². The molecule has 0 bridgehead atoms. The first kappa shape index (κ1) is 13.0. The van der Waals surface area contributed by atoms with Crippen molar-refractivity contribution in [1.82, 2.24) is 14.6 Å². The van der Waals surface area contributed by atoms with Gasteiger partial charge in [0, 0.05) is 18.7 Å². The van der Waals surface area contributed by atoms with Crippen molar-refractivity contribution in [1.29, 1.82) is 0 Å². The maximum absolute atomic E-state index is 5.92. The van der Waals surface area contributed by atoms with Crippen molar-refractivity contribution in [2.75, 3.05) is 5.32 Å². The molecule has 104 valence electrons. The summed E-state index contributed by atoms with van der Waals surface area (Å²) in [4.78, 5) is 4.40. The van der Waals surface area contributed by atoms with Crippen molar-refractivity contribution < 1.29 is 4.42 Å². The van der Waals surface area contributed by atoms with Gasteiger partial charge in [0.2, 0.25) is 5.95 Å². The molecular formula is C14H15ClN4O. The maximum Gasteiger partial charge on any atom is 0.243 e. The number of rotatable bonds is 5. The molecule has 0 radical (unpaired) electrons. The molecule has 5 nitrogen and oxygen atoms in total. The molecule has 0 aromatic carbocycles. The second-order valence-electron chi connectivity index (χ2n) is 4.75. The number of halogens is 1. The van der Waals surface area contributed by atoms with Crippen LogP contribution >= 0.6 is 11.6 Å². The van der Waals surface area contributed by atoms with Gasteiger partial charge in [0.1, 0.15) is 5.76 Å². The van der Waals surface area contributed by atoms with Gasteiger partial charge < -0.3 is 9.73 Å². The van der Waals surface area contributed by atoms with Crippen LogP contribution < -0.4 is 5.32 Å². The molecule has 1 unspecified atom stereocenters. The zero-order valence-electron chi connectivity index (χ0n) is 11.1. The Morgan fingerprint density at radius 2 is 2.30 bits per heavy atom. The van der Waals surface area contributed by atoms with Gasteiger partial charge in [-0.2, -0.15) is 4.98 Å². The second-order valence-corrected chi connectivity index (χ2v) is 5.19. The molecule has 3 aromatic heterocycles. The third-order valence-electron chi connectivity index (χ3n) is 3.07. The van der Waals surface area contributed by atoms with Crippen LogP contribution in [0.3, 0.4) is 0 Å². The van der Waals surface area contributed by atoms with Crippen LogP contribution in [0.5, 0.6) is 0 Å². The van der Waals surface area contributed by atoms with E-state index < -0.39 is 0 Å². The topological polar surface area (TPSA) is 55.4 Å². The van der Waals surface area contributed by atoms with Crippen LogP contribution in [-0.2, 0) is 6.42 Å². The average molecular weight is 291 g/mol. The first-order valence-electron chi connectivity index (χ1n) is 6.51. The largest absolute Gasteiger partial charge is 0.469 e. The Balaban J connectivity index is 1.63. The van der Waals surface area contributed by atoms with E-state index in [-0.39, 0.29) is 6.04 Å². The molecule has 0 aliphatic heterocycles. The lowest BCUT2D eigenvalue weighted by Crippen LogP contribution is -2.16. The highest BCUT2D eigenvalue weighted by molar-refractivity contribution is 6.30. The molecule has 0 aliphatic rings. The minimum Gasteiger partial charge on any atom is -0.469 e. The molecule has 3 rings (SSSR count). The highest BCUT2D eigenvalue weighted by Crippen LogP contribution is 2.13. The molecule has 0 saturated heterocycles. The molecule has 6 heteroatoms. The number of nitrogens with zero attached hydrogens (tertiary/aromatic N) is 3. The minimum absolute atomic E-state index is 0.257. The second kappa shape index (κ2) is 5.54. The summed E-state index contributed by atoms with van der Waals surface area (Å²) in [6.07, 6.45) is 5.27. The lowest BCUT2D eigenvalue weighted by molar-refractivity contribution is 0.494. The average Bonchev–Trinajstić information content (AvgIpc) is 3.04. The predicted molar refractivity (Wildman–Crippen MR) is 78.1 cm³/mol. The highest BCUT2D eigenvalue weighted by Gasteiger charge is 2.08. The molecule has 0 saturated carbocycles. The fourth-order valence-electron chi connectivity index (χ4n) is 2.03. The van der Waals surface area contributed by atoms with Crippen LogP contribution in [0.25, 0.3) is 5.65 Å². The molecular weight excluding hydrogens is 276 g/mol. The lowest BCUT2D eigenvalue weighted by atomic mass is 10.1. The van der Waals surface area contributed by atoms with Gasteiger partial charge in [-0.3, -0.25) is 0 Å². The minimum atomic E-state index is 0.257. The summed E-state index contributed by atoms with van der Waals surface area (Å²) in [5.41, 5.74) is 0.773. The molecule has 1 N–H and O–H groups in total. The normalized spacial score (nSPS) is 12.7. The summed E-state index contributed by atoms with van der Waals surface area (Å²) in [7, 11) is 0. The van der Waals surface area contributed by atoms with Crippen LogP contribution in [0, 0.1) is 0 Å². The highest BCUT2D eigenvalue weighted by atomic mass is 35.5. The maximum atomic E-state index is 5.92. The number of hydrogen-bond donors (Lipinski definition) is 1. The smallest absolute Gasteiger partial charge is 0.243 e. The number of anilines is 1. The lowest BCUT2D eigenvalue weighted by Gasteiger charge is -2.10. The summed E-state index contributed by atoms with van der Waals surface area (Å²) in [5, 5.41) is 8.27. The van der Waals surface area contributed by atoms with Crippen LogP contribution in [0.15, 0.2) is 41.1 Å². The number of aryl methyl sites for hydroxylation is 1. The Hall–Kier alpha value is -2.01. The van der Waals surface area contributed by atoms with Crippen molar-refractivity contribution in [2.45, 2.75) is 25.8 Å². The Morgan fingerprint density at radius 1 is 1.40 bits per heavy atom. The number of fused-ring (bicyclic) bond motifs is 1. The number of pyridine rings is 1. The quantitative estimate of drug-likeness (QED) is 0.782. The van der Waals surface area contributed by atoms with Crippen LogP contribution in [0.4, 0.5) is 5.95 Å². The van der Waals surface area contributed by atoms with Gasteiger partial charge in [-0.15, -0.1) is 5.10 Å². The van der Waals surface area contributed by atoms with E-state index in [1.165, 1.54) is 0 Å². The summed E-state index contributed by atoms with van der Waals surface area (Å²) < 4.78 is 6.99. The first-order chi connectivity index (χ1) is 9.70. The van der Waals surface area contributed by atoms with Gasteiger partial charge in [-0.05, 0) is 37.6 Å². The van der Waals surface area contributed by atoms with E-state index in [0.29, 0.717) is 11.0 Å². The van der Waals surface area contributed by atoms with Gasteiger partial charge in [0.25, 0.3) is 0 Å². The molecule has 0 spiro atoms. The van der Waals surface area contributed by atoms with Gasteiger partial charge in [0.05, 0.1) is 11.3 Å². The van der Waals surface area contributed by atoms with E-state index in [1.54, 1.807) is 23.0 Å². The molecule has 3 heterocycles. The van der Waals surface area contributed by atoms with E-state index in [2.05, 4.69) is 22.3 Å². The Bertz CT molecular complexity index is 692. The number of nitrogens with one attached hydrogen (secondary N) is 1. The van der Waals surface area contributed by atoms with E-state index in [0.717, 1.165) is 24.2 Å². The SMILES string of the molecule is CC(CCc1ccco1)Nc1nc2ccc(Cl)cn2n1. The zero-order valence-corrected chi connectivity index (χ0v) is 11.8. The summed E-state index contributed by atoms with van der Waals surface area (Å²) >= 11 is 5.92. The zero-order chi connectivity index (χ0) is 13.9. The van der Waals surface area contributed by atoms with Crippen molar-refractivity contribution >= 4 is 23.2 Å². The van der Waals surface area contributed by atoms with Gasteiger partial charge in [0.15, 0.2) is 5.65 Å². The van der Waals surface area contributed by atoms with Crippen molar-refractivity contribution in [2.24, 2.45) is 0 Å². The molecule has 0 aliphatic carbocycles. The standard InChI is InChI=1S/C14H15ClN4O/c1-10(4-6-12-3-2-8-20-12)16-14-17-13-7-5-11(15)9-19(13)18-14/h2-3,5,7-10H,4,6H2,1H3,(H,16,18). The number of hydrogen-bond acceptors (Lipinski definition) is 4. The third kappa shape index (κ3) is 2.93. The number of aromatic nitrogens is 3. The van der Waals surface area contributed by atoms with Crippen molar-refractivity contribution in [3.05, 3.63) is 47.5 Å². The Labute approximate surface area is 121 Å². The Kier molecular flexibility index (Phi) is 3.60. The summed E-state index contributed by atoms with van der Waals surface area (Å²) in [6.45, 7) is 2.10. The third-order valence-corrected chi connectivity index (χ3v) is 3.30. The van der Waals surface area contributed by atoms with E-state index in [9.17, 15) is 0 Å². The summed E-state index contributed by atoms with van der Waals surface area (Å²) in [6, 6.07) is 7.79. The summed E-state index contributed by atoms with van der Waals surface area (Å²) in [5.74, 6) is 1.60. The van der Waals surface area contributed by atoms with Crippen LogP contribution in [0.2, 0.25) is 5.02 Å². The Morgan fingerprint density at radius 3 is 3.10 bits per heavy atom. The van der Waals surface area contributed by atoms with Crippen molar-refractivity contribution in [3.8, 4) is 0 Å². The number of furan rings is 1. The van der Waals surface area contributed by atoms with Gasteiger partial charge in [-0.1, -0.05) is 11.6 Å². The molecule has 20 heavy (non-hydrogen) atoms. The molecule has 1 atom stereocenters. The van der Waals surface area contributed by atoms with E-state index >= 15 is 0 Å². The first-order valence-corrected chi connectivity index (χ1v) is 6.89. The predicted octanol–water partition coefficient (Wildman–Crippen LogP) is 3.41. The monoisotopic (exact) mass is 290 g/mol. The molecule has 3 aromatic rings. The van der Waals surface area contributed by atoms with E-state index in [4.69, 9.17) is 16.0 Å². The molecule has 0 amide bonds.